The van der Waals surface area contributed by atoms with Gasteiger partial charge in [-0.15, -0.1) is 0 Å². The van der Waals surface area contributed by atoms with Crippen molar-refractivity contribution in [3.63, 3.8) is 0 Å². The Morgan fingerprint density at radius 1 is 1.38 bits per heavy atom. The average molecular weight is 331 g/mol. The molecule has 5 nitrogen and oxygen atoms in total. The van der Waals surface area contributed by atoms with Crippen LogP contribution >= 0.6 is 11.6 Å². The zero-order chi connectivity index (χ0) is 15.5. The molecule has 0 saturated carbocycles. The maximum absolute atomic E-state index is 12.5. The molecular weight excluding hydrogens is 312 g/mol. The third-order valence-corrected chi connectivity index (χ3v) is 5.70. The van der Waals surface area contributed by atoms with E-state index < -0.39 is 10.0 Å². The summed E-state index contributed by atoms with van der Waals surface area (Å²) in [5.41, 5.74) is 0. The van der Waals surface area contributed by atoms with Crippen molar-refractivity contribution in [1.29, 1.82) is 0 Å². The normalized spacial score (nSPS) is 17.6. The number of piperidine rings is 1. The number of benzene rings is 1. The fourth-order valence-electron chi connectivity index (χ4n) is 2.35. The molecule has 0 radical (unpaired) electrons. The summed E-state index contributed by atoms with van der Waals surface area (Å²) in [6.45, 7) is 2.61. The molecule has 1 aromatic rings. The van der Waals surface area contributed by atoms with Crippen molar-refractivity contribution in [3.8, 4) is 0 Å². The Morgan fingerprint density at radius 2 is 2.05 bits per heavy atom. The van der Waals surface area contributed by atoms with Gasteiger partial charge in [0.2, 0.25) is 15.9 Å². The van der Waals surface area contributed by atoms with Crippen molar-refractivity contribution in [2.75, 3.05) is 13.1 Å². The standard InChI is InChI=1S/C14H19ClN2O3S/c1-2-14(18)16-12-6-8-17(9-7-12)21(19,20)13-5-3-4-11(15)10-13/h3-5,10,12H,2,6-9H2,1H3,(H,16,18). The van der Waals surface area contributed by atoms with Crippen LogP contribution in [0.5, 0.6) is 0 Å². The molecule has 0 aliphatic carbocycles. The average Bonchev–Trinajstić information content (AvgIpc) is 2.47. The highest BCUT2D eigenvalue weighted by molar-refractivity contribution is 7.89. The molecule has 0 unspecified atom stereocenters. The van der Waals surface area contributed by atoms with E-state index in [0.29, 0.717) is 37.4 Å². The predicted molar refractivity (Wildman–Crippen MR) is 81.7 cm³/mol. The number of sulfonamides is 1. The fourth-order valence-corrected chi connectivity index (χ4v) is 4.12. The number of carbonyl (C=O) groups excluding carboxylic acids is 1. The third kappa shape index (κ3) is 3.96. The van der Waals surface area contributed by atoms with Crippen molar-refractivity contribution in [1.82, 2.24) is 9.62 Å². The van der Waals surface area contributed by atoms with Crippen LogP contribution in [0.3, 0.4) is 0 Å². The van der Waals surface area contributed by atoms with E-state index >= 15 is 0 Å². The minimum atomic E-state index is -3.51. The smallest absolute Gasteiger partial charge is 0.243 e. The van der Waals surface area contributed by atoms with E-state index in [1.807, 2.05) is 0 Å². The van der Waals surface area contributed by atoms with Crippen LogP contribution in [0.1, 0.15) is 26.2 Å². The van der Waals surface area contributed by atoms with E-state index in [4.69, 9.17) is 11.6 Å². The summed E-state index contributed by atoms with van der Waals surface area (Å²) < 4.78 is 26.5. The lowest BCUT2D eigenvalue weighted by atomic mass is 10.1. The molecule has 0 aromatic heterocycles. The van der Waals surface area contributed by atoms with Crippen LogP contribution in [0.4, 0.5) is 0 Å². The van der Waals surface area contributed by atoms with Crippen LogP contribution in [-0.2, 0) is 14.8 Å². The van der Waals surface area contributed by atoms with Crippen molar-refractivity contribution < 1.29 is 13.2 Å². The van der Waals surface area contributed by atoms with Gasteiger partial charge in [0.15, 0.2) is 0 Å². The molecule has 0 spiro atoms. The highest BCUT2D eigenvalue weighted by Gasteiger charge is 2.29. The molecule has 1 N–H and O–H groups in total. The second kappa shape index (κ2) is 6.77. The molecule has 0 atom stereocenters. The number of nitrogens with zero attached hydrogens (tertiary/aromatic N) is 1. The predicted octanol–water partition coefficient (Wildman–Crippen LogP) is 2.02. The lowest BCUT2D eigenvalue weighted by molar-refractivity contribution is -0.121. The van der Waals surface area contributed by atoms with Gasteiger partial charge >= 0.3 is 0 Å². The Bertz CT molecular complexity index is 610. The lowest BCUT2D eigenvalue weighted by Crippen LogP contribution is -2.46. The number of carbonyl (C=O) groups is 1. The Balaban J connectivity index is 2.03. The van der Waals surface area contributed by atoms with Gasteiger partial charge in [-0.25, -0.2) is 8.42 Å². The first-order valence-corrected chi connectivity index (χ1v) is 8.80. The zero-order valence-corrected chi connectivity index (χ0v) is 13.5. The molecule has 1 aliphatic rings. The van der Waals surface area contributed by atoms with Crippen LogP contribution in [0.25, 0.3) is 0 Å². The van der Waals surface area contributed by atoms with E-state index in [9.17, 15) is 13.2 Å². The quantitative estimate of drug-likeness (QED) is 0.918. The largest absolute Gasteiger partial charge is 0.353 e. The summed E-state index contributed by atoms with van der Waals surface area (Å²) in [6, 6.07) is 6.34. The number of rotatable bonds is 4. The summed E-state index contributed by atoms with van der Waals surface area (Å²) in [7, 11) is -3.51. The minimum Gasteiger partial charge on any atom is -0.353 e. The van der Waals surface area contributed by atoms with Crippen molar-refractivity contribution in [2.45, 2.75) is 37.1 Å². The summed E-state index contributed by atoms with van der Waals surface area (Å²) >= 11 is 5.86. The van der Waals surface area contributed by atoms with Crippen molar-refractivity contribution in [3.05, 3.63) is 29.3 Å². The number of amides is 1. The number of hydrogen-bond acceptors (Lipinski definition) is 3. The van der Waals surface area contributed by atoms with Crippen LogP contribution < -0.4 is 5.32 Å². The Hall–Kier alpha value is -1.11. The first-order valence-electron chi connectivity index (χ1n) is 6.98. The van der Waals surface area contributed by atoms with Gasteiger partial charge < -0.3 is 5.32 Å². The van der Waals surface area contributed by atoms with Crippen LogP contribution in [0.2, 0.25) is 5.02 Å². The molecule has 1 heterocycles. The van der Waals surface area contributed by atoms with Gasteiger partial charge in [0.1, 0.15) is 0 Å². The summed E-state index contributed by atoms with van der Waals surface area (Å²) in [4.78, 5) is 11.6. The Labute approximate surface area is 130 Å². The van der Waals surface area contributed by atoms with E-state index in [0.717, 1.165) is 0 Å². The molecule has 1 saturated heterocycles. The highest BCUT2D eigenvalue weighted by Crippen LogP contribution is 2.23. The first kappa shape index (κ1) is 16.3. The minimum absolute atomic E-state index is 0.00569. The summed E-state index contributed by atoms with van der Waals surface area (Å²) in [6.07, 6.45) is 1.71. The highest BCUT2D eigenvalue weighted by atomic mass is 35.5. The topological polar surface area (TPSA) is 66.5 Å². The molecule has 7 heteroatoms. The van der Waals surface area contributed by atoms with Crippen LogP contribution in [-0.4, -0.2) is 37.8 Å². The summed E-state index contributed by atoms with van der Waals surface area (Å²) in [5, 5.41) is 3.31. The molecule has 1 aliphatic heterocycles. The van der Waals surface area contributed by atoms with E-state index in [-0.39, 0.29) is 16.8 Å². The van der Waals surface area contributed by atoms with Gasteiger partial charge in [-0.2, -0.15) is 4.31 Å². The van der Waals surface area contributed by atoms with E-state index in [2.05, 4.69) is 5.32 Å². The second-order valence-electron chi connectivity index (χ2n) is 5.06. The van der Waals surface area contributed by atoms with Gasteiger partial charge in [0.25, 0.3) is 0 Å². The maximum Gasteiger partial charge on any atom is 0.243 e. The Kier molecular flexibility index (Phi) is 5.24. The fraction of sp³-hybridized carbons (Fsp3) is 0.500. The van der Waals surface area contributed by atoms with Crippen molar-refractivity contribution >= 4 is 27.5 Å². The van der Waals surface area contributed by atoms with Gasteiger partial charge in [0.05, 0.1) is 4.90 Å². The van der Waals surface area contributed by atoms with Gasteiger partial charge in [-0.3, -0.25) is 4.79 Å². The van der Waals surface area contributed by atoms with Gasteiger partial charge in [-0.05, 0) is 31.0 Å². The maximum atomic E-state index is 12.5. The molecule has 1 aromatic carbocycles. The number of nitrogens with one attached hydrogen (secondary N) is 1. The van der Waals surface area contributed by atoms with Gasteiger partial charge in [-0.1, -0.05) is 24.6 Å². The zero-order valence-electron chi connectivity index (χ0n) is 11.9. The Morgan fingerprint density at radius 3 is 2.62 bits per heavy atom. The first-order chi connectivity index (χ1) is 9.93. The SMILES string of the molecule is CCC(=O)NC1CCN(S(=O)(=O)c2cccc(Cl)c2)CC1. The molecule has 116 valence electrons. The number of hydrogen-bond donors (Lipinski definition) is 1. The molecule has 2 rings (SSSR count). The summed E-state index contributed by atoms with van der Waals surface area (Å²) in [5.74, 6) is 0.00569. The number of halogens is 1. The third-order valence-electron chi connectivity index (χ3n) is 3.57. The van der Waals surface area contributed by atoms with E-state index in [1.165, 1.54) is 10.4 Å². The monoisotopic (exact) mass is 330 g/mol. The van der Waals surface area contributed by atoms with Gasteiger partial charge in [0, 0.05) is 30.6 Å². The van der Waals surface area contributed by atoms with E-state index in [1.54, 1.807) is 25.1 Å². The molecule has 1 fully saturated rings. The molecular formula is C14H19ClN2O3S. The van der Waals surface area contributed by atoms with Crippen molar-refractivity contribution in [2.24, 2.45) is 0 Å². The molecule has 1 amide bonds. The van der Waals surface area contributed by atoms with Crippen LogP contribution in [0.15, 0.2) is 29.2 Å². The molecule has 0 bridgehead atoms. The second-order valence-corrected chi connectivity index (χ2v) is 7.43. The van der Waals surface area contributed by atoms with Crippen LogP contribution in [0, 0.1) is 0 Å². The molecule has 21 heavy (non-hydrogen) atoms. The lowest BCUT2D eigenvalue weighted by Gasteiger charge is -2.31.